The number of aliphatic hydroxyl groups excluding tert-OH is 1. The second-order valence-corrected chi connectivity index (χ2v) is 3.34. The van der Waals surface area contributed by atoms with Gasteiger partial charge in [0, 0.05) is 11.6 Å². The number of hydrogen-bond acceptors (Lipinski definition) is 2. The summed E-state index contributed by atoms with van der Waals surface area (Å²) in [4.78, 5) is 0. The maximum Gasteiger partial charge on any atom is 0.0607 e. The highest BCUT2D eigenvalue weighted by molar-refractivity contribution is 4.77. The van der Waals surface area contributed by atoms with Crippen LogP contribution in [0.5, 0.6) is 0 Å². The normalized spacial score (nSPS) is 12.7. The van der Waals surface area contributed by atoms with Crippen LogP contribution in [0.3, 0.4) is 0 Å². The summed E-state index contributed by atoms with van der Waals surface area (Å²) in [5.41, 5.74) is -0.131. The van der Waals surface area contributed by atoms with Crippen molar-refractivity contribution in [1.82, 2.24) is 5.32 Å². The predicted molar refractivity (Wildman–Crippen MR) is 39.4 cm³/mol. The van der Waals surface area contributed by atoms with E-state index in [0.29, 0.717) is 6.04 Å². The maximum atomic E-state index is 8.78. The largest absolute Gasteiger partial charge is 0.394 e. The van der Waals surface area contributed by atoms with Crippen LogP contribution in [-0.4, -0.2) is 23.3 Å². The molecular weight excluding hydrogens is 114 g/mol. The molecule has 0 aliphatic rings. The molecule has 56 valence electrons. The molecule has 2 heteroatoms. The van der Waals surface area contributed by atoms with E-state index in [1.54, 1.807) is 0 Å². The molecule has 0 amide bonds. The van der Waals surface area contributed by atoms with Crippen molar-refractivity contribution in [1.29, 1.82) is 0 Å². The highest BCUT2D eigenvalue weighted by Gasteiger charge is 2.15. The van der Waals surface area contributed by atoms with Crippen LogP contribution >= 0.6 is 0 Å². The van der Waals surface area contributed by atoms with Gasteiger partial charge in [-0.3, -0.25) is 0 Å². The molecule has 0 saturated carbocycles. The molecular formula is C7H17NO. The van der Waals surface area contributed by atoms with Crippen molar-refractivity contribution in [3.8, 4) is 0 Å². The molecule has 0 aromatic rings. The lowest BCUT2D eigenvalue weighted by atomic mass is 10.1. The topological polar surface area (TPSA) is 32.3 Å². The third-order valence-corrected chi connectivity index (χ3v) is 1.07. The Morgan fingerprint density at radius 3 is 2.00 bits per heavy atom. The minimum absolute atomic E-state index is 0.131. The monoisotopic (exact) mass is 131 g/mol. The van der Waals surface area contributed by atoms with Crippen LogP contribution in [0.15, 0.2) is 0 Å². The van der Waals surface area contributed by atoms with Gasteiger partial charge in [-0.2, -0.15) is 0 Å². The second-order valence-electron chi connectivity index (χ2n) is 3.34. The molecule has 0 fully saturated rings. The van der Waals surface area contributed by atoms with E-state index in [1.807, 2.05) is 13.8 Å². The fourth-order valence-electron chi connectivity index (χ4n) is 0.827. The van der Waals surface area contributed by atoms with Gasteiger partial charge in [0.05, 0.1) is 6.61 Å². The van der Waals surface area contributed by atoms with Gasteiger partial charge in [0.1, 0.15) is 0 Å². The molecule has 0 spiro atoms. The Morgan fingerprint density at radius 2 is 1.89 bits per heavy atom. The minimum atomic E-state index is -0.131. The first-order chi connectivity index (χ1) is 3.98. The Labute approximate surface area is 57.3 Å². The number of nitrogens with one attached hydrogen (secondary N) is 1. The van der Waals surface area contributed by atoms with E-state index in [4.69, 9.17) is 5.11 Å². The van der Waals surface area contributed by atoms with Crippen LogP contribution in [0, 0.1) is 0 Å². The first kappa shape index (κ1) is 8.92. The van der Waals surface area contributed by atoms with Crippen LogP contribution in [-0.2, 0) is 0 Å². The molecule has 0 radical (unpaired) electrons. The van der Waals surface area contributed by atoms with Crippen molar-refractivity contribution in [3.63, 3.8) is 0 Å². The van der Waals surface area contributed by atoms with Crippen molar-refractivity contribution in [3.05, 3.63) is 0 Å². The first-order valence-corrected chi connectivity index (χ1v) is 3.36. The summed E-state index contributed by atoms with van der Waals surface area (Å²) in [5.74, 6) is 0. The molecule has 0 aromatic heterocycles. The lowest BCUT2D eigenvalue weighted by Gasteiger charge is -2.26. The van der Waals surface area contributed by atoms with Crippen molar-refractivity contribution >= 4 is 0 Å². The zero-order chi connectivity index (χ0) is 7.49. The Hall–Kier alpha value is -0.0800. The van der Waals surface area contributed by atoms with Gasteiger partial charge in [-0.1, -0.05) is 13.8 Å². The van der Waals surface area contributed by atoms with Gasteiger partial charge in [0.2, 0.25) is 0 Å². The standard InChI is InChI=1S/C7H17NO/c1-6(2)8-7(3,4)5-9/h6,8-9H,5H2,1-4H3. The van der Waals surface area contributed by atoms with Gasteiger partial charge in [-0.05, 0) is 13.8 Å². The van der Waals surface area contributed by atoms with E-state index < -0.39 is 0 Å². The van der Waals surface area contributed by atoms with Gasteiger partial charge in [0.25, 0.3) is 0 Å². The maximum absolute atomic E-state index is 8.78. The van der Waals surface area contributed by atoms with Crippen LogP contribution < -0.4 is 5.32 Å². The quantitative estimate of drug-likeness (QED) is 0.592. The smallest absolute Gasteiger partial charge is 0.0607 e. The van der Waals surface area contributed by atoms with Gasteiger partial charge < -0.3 is 10.4 Å². The second kappa shape index (κ2) is 3.18. The van der Waals surface area contributed by atoms with Crippen LogP contribution in [0.1, 0.15) is 27.7 Å². The fraction of sp³-hybridized carbons (Fsp3) is 1.00. The third kappa shape index (κ3) is 4.43. The van der Waals surface area contributed by atoms with Gasteiger partial charge in [-0.15, -0.1) is 0 Å². The molecule has 0 aliphatic heterocycles. The highest BCUT2D eigenvalue weighted by atomic mass is 16.3. The average Bonchev–Trinajstić information content (AvgIpc) is 1.63. The molecule has 0 bridgehead atoms. The lowest BCUT2D eigenvalue weighted by Crippen LogP contribution is -2.46. The Kier molecular flexibility index (Phi) is 3.15. The van der Waals surface area contributed by atoms with E-state index in [0.717, 1.165) is 0 Å². The summed E-state index contributed by atoms with van der Waals surface area (Å²) < 4.78 is 0. The van der Waals surface area contributed by atoms with Crippen molar-refractivity contribution < 1.29 is 5.11 Å². The van der Waals surface area contributed by atoms with Gasteiger partial charge in [-0.25, -0.2) is 0 Å². The minimum Gasteiger partial charge on any atom is -0.394 e. The molecule has 0 aliphatic carbocycles. The van der Waals surface area contributed by atoms with E-state index in [2.05, 4.69) is 19.2 Å². The Morgan fingerprint density at radius 1 is 1.44 bits per heavy atom. The van der Waals surface area contributed by atoms with Crippen LogP contribution in [0.4, 0.5) is 0 Å². The molecule has 9 heavy (non-hydrogen) atoms. The summed E-state index contributed by atoms with van der Waals surface area (Å²) in [5, 5.41) is 12.0. The zero-order valence-electron chi connectivity index (χ0n) is 6.73. The molecule has 0 atom stereocenters. The highest BCUT2D eigenvalue weighted by Crippen LogP contribution is 2.00. The molecule has 0 saturated heterocycles. The van der Waals surface area contributed by atoms with E-state index >= 15 is 0 Å². The molecule has 2 nitrogen and oxygen atoms in total. The van der Waals surface area contributed by atoms with Crippen molar-refractivity contribution in [2.24, 2.45) is 0 Å². The Bertz CT molecular complexity index is 79.0. The van der Waals surface area contributed by atoms with E-state index in [1.165, 1.54) is 0 Å². The average molecular weight is 131 g/mol. The molecule has 0 heterocycles. The predicted octanol–water partition coefficient (Wildman–Crippen LogP) is 0.755. The van der Waals surface area contributed by atoms with E-state index in [-0.39, 0.29) is 12.1 Å². The summed E-state index contributed by atoms with van der Waals surface area (Å²) >= 11 is 0. The SMILES string of the molecule is CC(C)NC(C)(C)CO. The zero-order valence-corrected chi connectivity index (χ0v) is 6.73. The van der Waals surface area contributed by atoms with E-state index in [9.17, 15) is 0 Å². The first-order valence-electron chi connectivity index (χ1n) is 3.36. The summed E-state index contributed by atoms with van der Waals surface area (Å²) in [6.07, 6.45) is 0. The molecule has 0 aromatic carbocycles. The molecule has 2 N–H and O–H groups in total. The molecule has 0 unspecified atom stereocenters. The van der Waals surface area contributed by atoms with Crippen LogP contribution in [0.25, 0.3) is 0 Å². The number of hydrogen-bond donors (Lipinski definition) is 2. The Balaban J connectivity index is 3.58. The lowest BCUT2D eigenvalue weighted by molar-refractivity contribution is 0.180. The van der Waals surface area contributed by atoms with Crippen molar-refractivity contribution in [2.45, 2.75) is 39.3 Å². The number of aliphatic hydroxyl groups is 1. The summed E-state index contributed by atoms with van der Waals surface area (Å²) in [6.45, 7) is 8.28. The third-order valence-electron chi connectivity index (χ3n) is 1.07. The molecule has 0 rings (SSSR count). The fourth-order valence-corrected chi connectivity index (χ4v) is 0.827. The van der Waals surface area contributed by atoms with Crippen molar-refractivity contribution in [2.75, 3.05) is 6.61 Å². The number of rotatable bonds is 3. The van der Waals surface area contributed by atoms with Crippen LogP contribution in [0.2, 0.25) is 0 Å². The summed E-state index contributed by atoms with van der Waals surface area (Å²) in [6, 6.07) is 0.437. The van der Waals surface area contributed by atoms with Gasteiger partial charge >= 0.3 is 0 Å². The van der Waals surface area contributed by atoms with Gasteiger partial charge in [0.15, 0.2) is 0 Å². The summed E-state index contributed by atoms with van der Waals surface area (Å²) in [7, 11) is 0.